The summed E-state index contributed by atoms with van der Waals surface area (Å²) in [5.74, 6) is -2.61. The number of non-ortho nitro benzene ring substituents is 1. The third-order valence-corrected chi connectivity index (χ3v) is 3.23. The Morgan fingerprint density at radius 2 is 2.15 bits per heavy atom. The number of amides is 1. The lowest BCUT2D eigenvalue weighted by molar-refractivity contribution is -0.385. The Kier molecular flexibility index (Phi) is 5.44. The molecule has 1 aromatic rings. The fraction of sp³-hybridized carbons (Fsp3) is 0.273. The average Bonchev–Trinajstić information content (AvgIpc) is 2.33. The van der Waals surface area contributed by atoms with Gasteiger partial charge in [-0.3, -0.25) is 14.9 Å². The zero-order chi connectivity index (χ0) is 15.3. The summed E-state index contributed by atoms with van der Waals surface area (Å²) in [5, 5.41) is 21.7. The highest BCUT2D eigenvalue weighted by atomic mass is 32.2. The van der Waals surface area contributed by atoms with Gasteiger partial charge >= 0.3 is 5.97 Å². The second kappa shape index (κ2) is 6.85. The number of rotatable bonds is 6. The number of nitro benzene ring substituents is 1. The molecule has 1 amide bonds. The minimum absolute atomic E-state index is 0.0739. The summed E-state index contributed by atoms with van der Waals surface area (Å²) < 4.78 is 13.2. The molecule has 0 aliphatic rings. The molecule has 0 saturated carbocycles. The minimum Gasteiger partial charge on any atom is -0.480 e. The van der Waals surface area contributed by atoms with Crippen LogP contribution in [0.4, 0.5) is 10.1 Å². The molecule has 108 valence electrons. The smallest absolute Gasteiger partial charge is 0.327 e. The number of halogens is 1. The van der Waals surface area contributed by atoms with Crippen molar-refractivity contribution in [1.29, 1.82) is 0 Å². The van der Waals surface area contributed by atoms with Gasteiger partial charge in [-0.2, -0.15) is 0 Å². The van der Waals surface area contributed by atoms with Crippen molar-refractivity contribution in [3.8, 4) is 0 Å². The van der Waals surface area contributed by atoms with Crippen LogP contribution in [0.25, 0.3) is 0 Å². The molecule has 2 N–H and O–H groups in total. The third-order valence-electron chi connectivity index (χ3n) is 2.16. The maximum Gasteiger partial charge on any atom is 0.327 e. The van der Waals surface area contributed by atoms with Crippen molar-refractivity contribution in [1.82, 2.24) is 5.32 Å². The van der Waals surface area contributed by atoms with E-state index in [1.807, 2.05) is 0 Å². The van der Waals surface area contributed by atoms with Gasteiger partial charge in [0.25, 0.3) is 5.69 Å². The van der Waals surface area contributed by atoms with E-state index in [-0.39, 0.29) is 10.6 Å². The molecule has 0 unspecified atom stereocenters. The summed E-state index contributed by atoms with van der Waals surface area (Å²) in [7, 11) is 0. The number of nitro groups is 1. The molecule has 7 nitrogen and oxygen atoms in total. The predicted octanol–water partition coefficient (Wildman–Crippen LogP) is 1.42. The summed E-state index contributed by atoms with van der Waals surface area (Å²) in [6.45, 7) is 1.17. The molecular formula is C11H11FN2O5S. The highest BCUT2D eigenvalue weighted by Gasteiger charge is 2.19. The van der Waals surface area contributed by atoms with Crippen LogP contribution in [0.2, 0.25) is 0 Å². The van der Waals surface area contributed by atoms with Crippen molar-refractivity contribution in [3.05, 3.63) is 34.1 Å². The second-order valence-corrected chi connectivity index (χ2v) is 4.90. The number of carboxylic acid groups (broad SMARTS) is 1. The van der Waals surface area contributed by atoms with Crippen LogP contribution in [0, 0.1) is 15.9 Å². The summed E-state index contributed by atoms with van der Waals surface area (Å²) in [5.41, 5.74) is -0.418. The van der Waals surface area contributed by atoms with Gasteiger partial charge in [-0.1, -0.05) is 0 Å². The van der Waals surface area contributed by atoms with Gasteiger partial charge in [0.2, 0.25) is 5.91 Å². The lowest BCUT2D eigenvalue weighted by Crippen LogP contribution is -2.41. The van der Waals surface area contributed by atoms with Crippen LogP contribution in [0.5, 0.6) is 0 Å². The Hall–Kier alpha value is -2.16. The molecule has 0 radical (unpaired) electrons. The first-order chi connectivity index (χ1) is 9.29. The fourth-order valence-electron chi connectivity index (χ4n) is 1.34. The Balaban J connectivity index is 2.79. The highest BCUT2D eigenvalue weighted by Crippen LogP contribution is 2.25. The van der Waals surface area contributed by atoms with Gasteiger partial charge in [0.15, 0.2) is 0 Å². The standard InChI is InChI=1S/C11H11FN2O5S/c1-6(15)13-10(11(16)17)5-20-9-3-7(12)2-8(4-9)14(18)19/h2-4,10H,5H2,1H3,(H,13,15)(H,16,17)/t10-/m0/s1. The van der Waals surface area contributed by atoms with Crippen LogP contribution >= 0.6 is 11.8 Å². The molecule has 0 aromatic heterocycles. The topological polar surface area (TPSA) is 110 Å². The van der Waals surface area contributed by atoms with E-state index in [1.165, 1.54) is 6.92 Å². The summed E-state index contributed by atoms with van der Waals surface area (Å²) >= 11 is 0.905. The van der Waals surface area contributed by atoms with Crippen molar-refractivity contribution < 1.29 is 24.0 Å². The van der Waals surface area contributed by atoms with E-state index in [9.17, 15) is 24.1 Å². The van der Waals surface area contributed by atoms with Crippen molar-refractivity contribution >= 4 is 29.3 Å². The number of nitrogens with zero attached hydrogens (tertiary/aromatic N) is 1. The molecule has 1 atom stereocenters. The van der Waals surface area contributed by atoms with Crippen LogP contribution in [-0.4, -0.2) is 33.7 Å². The SMILES string of the molecule is CC(=O)N[C@@H](CSc1cc(F)cc([N+](=O)[O-])c1)C(=O)O. The molecule has 1 aromatic carbocycles. The molecule has 0 aliphatic carbocycles. The molecule has 0 fully saturated rings. The zero-order valence-corrected chi connectivity index (χ0v) is 11.1. The number of hydrogen-bond acceptors (Lipinski definition) is 5. The molecule has 9 heteroatoms. The van der Waals surface area contributed by atoms with Gasteiger partial charge in [0, 0.05) is 23.6 Å². The number of carbonyl (C=O) groups excluding carboxylic acids is 1. The molecule has 0 saturated heterocycles. The normalized spacial score (nSPS) is 11.7. The Morgan fingerprint density at radius 3 is 2.65 bits per heavy atom. The van der Waals surface area contributed by atoms with Crippen LogP contribution in [0.3, 0.4) is 0 Å². The Labute approximate surface area is 117 Å². The van der Waals surface area contributed by atoms with Crippen molar-refractivity contribution in [2.45, 2.75) is 17.9 Å². The lowest BCUT2D eigenvalue weighted by atomic mass is 10.3. The monoisotopic (exact) mass is 302 g/mol. The zero-order valence-electron chi connectivity index (χ0n) is 10.3. The first-order valence-electron chi connectivity index (χ1n) is 5.37. The van der Waals surface area contributed by atoms with Crippen LogP contribution in [-0.2, 0) is 9.59 Å². The highest BCUT2D eigenvalue weighted by molar-refractivity contribution is 7.99. The van der Waals surface area contributed by atoms with Gasteiger partial charge in [-0.15, -0.1) is 11.8 Å². The number of benzene rings is 1. The number of carbonyl (C=O) groups is 2. The molecule has 0 spiro atoms. The van der Waals surface area contributed by atoms with E-state index >= 15 is 0 Å². The number of nitrogens with one attached hydrogen (secondary N) is 1. The maximum absolute atomic E-state index is 13.2. The number of aliphatic carboxylic acids is 1. The second-order valence-electron chi connectivity index (χ2n) is 3.80. The quantitative estimate of drug-likeness (QED) is 0.467. The average molecular weight is 302 g/mol. The number of hydrogen-bond donors (Lipinski definition) is 2. The van der Waals surface area contributed by atoms with Crippen molar-refractivity contribution in [2.75, 3.05) is 5.75 Å². The van der Waals surface area contributed by atoms with Gasteiger partial charge in [-0.05, 0) is 6.07 Å². The Morgan fingerprint density at radius 1 is 1.50 bits per heavy atom. The van der Waals surface area contributed by atoms with Crippen molar-refractivity contribution in [2.24, 2.45) is 0 Å². The molecular weight excluding hydrogens is 291 g/mol. The van der Waals surface area contributed by atoms with Crippen LogP contribution in [0.15, 0.2) is 23.1 Å². The number of thioether (sulfide) groups is 1. The van der Waals surface area contributed by atoms with Crippen molar-refractivity contribution in [3.63, 3.8) is 0 Å². The predicted molar refractivity (Wildman–Crippen MR) is 69.0 cm³/mol. The first kappa shape index (κ1) is 15.9. The van der Waals surface area contributed by atoms with Gasteiger partial charge < -0.3 is 10.4 Å². The largest absolute Gasteiger partial charge is 0.480 e. The van der Waals surface area contributed by atoms with E-state index < -0.39 is 34.3 Å². The molecule has 1 rings (SSSR count). The van der Waals surface area contributed by atoms with Gasteiger partial charge in [0.1, 0.15) is 11.9 Å². The summed E-state index contributed by atoms with van der Waals surface area (Å²) in [6.07, 6.45) is 0. The minimum atomic E-state index is -1.24. The van der Waals surface area contributed by atoms with Gasteiger partial charge in [-0.25, -0.2) is 9.18 Å². The number of carboxylic acids is 1. The molecule has 0 bridgehead atoms. The third kappa shape index (κ3) is 4.84. The first-order valence-corrected chi connectivity index (χ1v) is 6.36. The van der Waals surface area contributed by atoms with E-state index in [0.29, 0.717) is 0 Å². The maximum atomic E-state index is 13.2. The van der Waals surface area contributed by atoms with E-state index in [0.717, 1.165) is 30.0 Å². The summed E-state index contributed by atoms with van der Waals surface area (Å²) in [4.78, 5) is 31.8. The van der Waals surface area contributed by atoms with Crippen LogP contribution in [0.1, 0.15) is 6.92 Å². The lowest BCUT2D eigenvalue weighted by Gasteiger charge is -2.12. The van der Waals surface area contributed by atoms with E-state index in [2.05, 4.69) is 5.32 Å². The molecule has 0 aliphatic heterocycles. The van der Waals surface area contributed by atoms with E-state index in [4.69, 9.17) is 5.11 Å². The summed E-state index contributed by atoms with van der Waals surface area (Å²) in [6, 6.07) is 1.82. The van der Waals surface area contributed by atoms with Crippen LogP contribution < -0.4 is 5.32 Å². The fourth-order valence-corrected chi connectivity index (χ4v) is 2.32. The molecule has 0 heterocycles. The van der Waals surface area contributed by atoms with Gasteiger partial charge in [0.05, 0.1) is 11.0 Å². The Bertz CT molecular complexity index is 552. The van der Waals surface area contributed by atoms with E-state index in [1.54, 1.807) is 0 Å². The molecule has 20 heavy (non-hydrogen) atoms.